The Hall–Kier alpha value is -6.07. The molecule has 1 aromatic heterocycles. The fraction of sp³-hybridized carbons (Fsp3) is 0.0488. The van der Waals surface area contributed by atoms with Crippen LogP contribution in [0.2, 0.25) is 0 Å². The summed E-state index contributed by atoms with van der Waals surface area (Å²) >= 11 is 0. The molecular weight excluding hydrogens is 566 g/mol. The minimum absolute atomic E-state index is 0.499. The summed E-state index contributed by atoms with van der Waals surface area (Å²) in [4.78, 5) is 14.5. The van der Waals surface area contributed by atoms with E-state index in [1.807, 2.05) is 122 Å². The monoisotopic (exact) mass is 597 g/mol. The molecule has 6 aromatic carbocycles. The lowest BCUT2D eigenvalue weighted by atomic mass is 10.1. The van der Waals surface area contributed by atoms with Gasteiger partial charge in [0.2, 0.25) is 0 Å². The van der Waals surface area contributed by atoms with Crippen LogP contribution in [0.3, 0.4) is 0 Å². The molecule has 0 saturated carbocycles. The Labute approximate surface area is 268 Å². The first-order chi connectivity index (χ1) is 22.8. The molecule has 0 atom stereocenters. The predicted octanol–water partition coefficient (Wildman–Crippen LogP) is 10.0. The van der Waals surface area contributed by atoms with Crippen molar-refractivity contribution in [1.82, 2.24) is 4.98 Å². The van der Waals surface area contributed by atoms with Gasteiger partial charge in [0.15, 0.2) is 0 Å². The van der Waals surface area contributed by atoms with E-state index in [2.05, 4.69) is 42.5 Å². The molecule has 46 heavy (non-hydrogen) atoms. The summed E-state index contributed by atoms with van der Waals surface area (Å²) in [5.74, 6) is 1.58. The van der Waals surface area contributed by atoms with E-state index >= 15 is 0 Å². The molecule has 0 N–H and O–H groups in total. The van der Waals surface area contributed by atoms with Gasteiger partial charge in [0.25, 0.3) is 0 Å². The second kappa shape index (κ2) is 13.7. The van der Waals surface area contributed by atoms with E-state index in [-0.39, 0.29) is 0 Å². The molecule has 222 valence electrons. The number of pyridine rings is 1. The van der Waals surface area contributed by atoms with Crippen molar-refractivity contribution in [3.05, 3.63) is 174 Å². The average Bonchev–Trinajstić information content (AvgIpc) is 3.12. The highest BCUT2D eigenvalue weighted by molar-refractivity contribution is 5.96. The first-order valence-electron chi connectivity index (χ1n) is 15.2. The quantitative estimate of drug-likeness (QED) is 0.116. The van der Waals surface area contributed by atoms with Gasteiger partial charge in [-0.1, -0.05) is 97.1 Å². The third kappa shape index (κ3) is 7.01. The minimum Gasteiger partial charge on any atom is -0.488 e. The fourth-order valence-corrected chi connectivity index (χ4v) is 5.16. The number of aliphatic imine (C=N–C) groups is 2. The van der Waals surface area contributed by atoms with Crippen LogP contribution in [-0.2, 0) is 13.2 Å². The molecule has 0 aliphatic carbocycles. The molecule has 5 heteroatoms. The highest BCUT2D eigenvalue weighted by atomic mass is 16.5. The summed E-state index contributed by atoms with van der Waals surface area (Å²) < 4.78 is 12.2. The number of benzene rings is 6. The first-order valence-corrected chi connectivity index (χ1v) is 15.2. The maximum absolute atomic E-state index is 6.10. The zero-order valence-electron chi connectivity index (χ0n) is 25.2. The largest absolute Gasteiger partial charge is 0.488 e. The van der Waals surface area contributed by atoms with Crippen LogP contribution >= 0.6 is 0 Å². The van der Waals surface area contributed by atoms with Gasteiger partial charge in [-0.05, 0) is 65.7 Å². The minimum atomic E-state index is 0.499. The highest BCUT2D eigenvalue weighted by Crippen LogP contribution is 2.28. The van der Waals surface area contributed by atoms with Crippen LogP contribution in [0.15, 0.2) is 162 Å². The van der Waals surface area contributed by atoms with Crippen molar-refractivity contribution in [3.8, 4) is 11.5 Å². The zero-order chi connectivity index (χ0) is 31.0. The van der Waals surface area contributed by atoms with Crippen molar-refractivity contribution in [1.29, 1.82) is 0 Å². The smallest absolute Gasteiger partial charge is 0.128 e. The molecule has 0 aliphatic rings. The maximum atomic E-state index is 6.10. The summed E-state index contributed by atoms with van der Waals surface area (Å²) in [5, 5.41) is 2.11. The Morgan fingerprint density at radius 1 is 0.457 bits per heavy atom. The Bertz CT molecular complexity index is 2010. The number of fused-ring (bicyclic) bond motifs is 2. The molecule has 0 radical (unpaired) electrons. The highest BCUT2D eigenvalue weighted by Gasteiger charge is 2.06. The van der Waals surface area contributed by atoms with Gasteiger partial charge in [0.1, 0.15) is 24.7 Å². The lowest BCUT2D eigenvalue weighted by Gasteiger charge is -2.09. The molecule has 1 heterocycles. The van der Waals surface area contributed by atoms with E-state index in [9.17, 15) is 0 Å². The Morgan fingerprint density at radius 2 is 0.891 bits per heavy atom. The molecular formula is C41H31N3O2. The van der Waals surface area contributed by atoms with E-state index in [4.69, 9.17) is 24.4 Å². The van der Waals surface area contributed by atoms with E-state index in [0.717, 1.165) is 66.9 Å². The molecule has 0 bridgehead atoms. The van der Waals surface area contributed by atoms with Crippen LogP contribution in [0.5, 0.6) is 11.5 Å². The third-order valence-electron chi connectivity index (χ3n) is 7.60. The molecule has 0 saturated heterocycles. The molecule has 7 aromatic rings. The number of para-hydroxylation sites is 2. The van der Waals surface area contributed by atoms with Gasteiger partial charge >= 0.3 is 0 Å². The van der Waals surface area contributed by atoms with Crippen LogP contribution in [0.25, 0.3) is 21.8 Å². The Balaban J connectivity index is 1.09. The van der Waals surface area contributed by atoms with Crippen LogP contribution < -0.4 is 9.47 Å². The standard InChI is InChI=1S/C41H31N3O2/c1-3-11-30(12-4-1)28-45-40-17-9-7-15-34(40)26-42-36-21-19-32-23-33-20-22-37(25-39(33)44-38(32)24-36)43-27-35-16-8-10-18-41(35)46-29-31-13-5-2-6-14-31/h1-27H,28-29H2. The van der Waals surface area contributed by atoms with Gasteiger partial charge in [0.05, 0.1) is 22.4 Å². The van der Waals surface area contributed by atoms with E-state index in [1.165, 1.54) is 0 Å². The van der Waals surface area contributed by atoms with Gasteiger partial charge in [-0.25, -0.2) is 4.98 Å². The van der Waals surface area contributed by atoms with Gasteiger partial charge in [-0.15, -0.1) is 0 Å². The topological polar surface area (TPSA) is 56.1 Å². The van der Waals surface area contributed by atoms with Crippen molar-refractivity contribution in [2.24, 2.45) is 9.98 Å². The number of rotatable bonds is 10. The number of nitrogens with zero attached hydrogens (tertiary/aromatic N) is 3. The number of hydrogen-bond donors (Lipinski definition) is 0. The lowest BCUT2D eigenvalue weighted by Crippen LogP contribution is -1.98. The molecule has 0 aliphatic heterocycles. The summed E-state index contributed by atoms with van der Waals surface area (Å²) in [6.07, 6.45) is 3.69. The normalized spacial score (nSPS) is 11.5. The van der Waals surface area contributed by atoms with Crippen molar-refractivity contribution >= 4 is 45.6 Å². The van der Waals surface area contributed by atoms with Crippen LogP contribution in [-0.4, -0.2) is 17.4 Å². The number of aromatic nitrogens is 1. The zero-order valence-corrected chi connectivity index (χ0v) is 25.2. The predicted molar refractivity (Wildman–Crippen MR) is 188 cm³/mol. The summed E-state index contributed by atoms with van der Waals surface area (Å²) in [7, 11) is 0. The maximum Gasteiger partial charge on any atom is 0.128 e. The van der Waals surface area contributed by atoms with Crippen molar-refractivity contribution in [2.45, 2.75) is 13.2 Å². The lowest BCUT2D eigenvalue weighted by molar-refractivity contribution is 0.305. The average molecular weight is 598 g/mol. The van der Waals surface area contributed by atoms with Crippen molar-refractivity contribution in [3.63, 3.8) is 0 Å². The van der Waals surface area contributed by atoms with Crippen LogP contribution in [0.1, 0.15) is 22.3 Å². The molecule has 7 rings (SSSR count). The summed E-state index contributed by atoms with van der Waals surface area (Å²) in [6.45, 7) is 0.998. The molecule has 0 amide bonds. The third-order valence-corrected chi connectivity index (χ3v) is 7.60. The van der Waals surface area contributed by atoms with E-state index in [0.29, 0.717) is 13.2 Å². The van der Waals surface area contributed by atoms with Gasteiger partial charge < -0.3 is 9.47 Å². The van der Waals surface area contributed by atoms with Crippen molar-refractivity contribution < 1.29 is 9.47 Å². The van der Waals surface area contributed by atoms with Crippen molar-refractivity contribution in [2.75, 3.05) is 0 Å². The van der Waals surface area contributed by atoms with Gasteiger partial charge in [-0.3, -0.25) is 9.98 Å². The van der Waals surface area contributed by atoms with Gasteiger partial charge in [-0.2, -0.15) is 0 Å². The molecule has 0 fully saturated rings. The summed E-state index contributed by atoms with van der Waals surface area (Å²) in [5.41, 5.74) is 7.45. The van der Waals surface area contributed by atoms with Crippen LogP contribution in [0, 0.1) is 0 Å². The SMILES string of the molecule is C(=Nc1ccc2cc3ccc(N=Cc4ccccc4OCc4ccccc4)cc3nc2c1)c1ccccc1OCc1ccccc1. The molecule has 5 nitrogen and oxygen atoms in total. The fourth-order valence-electron chi connectivity index (χ4n) is 5.16. The van der Waals surface area contributed by atoms with Gasteiger partial charge in [0, 0.05) is 34.3 Å². The Morgan fingerprint density at radius 3 is 1.37 bits per heavy atom. The summed E-state index contributed by atoms with van der Waals surface area (Å²) in [6, 6.07) is 50.5. The number of hydrogen-bond acceptors (Lipinski definition) is 5. The van der Waals surface area contributed by atoms with E-state index in [1.54, 1.807) is 0 Å². The molecule has 0 unspecified atom stereocenters. The number of ether oxygens (including phenoxy) is 2. The first kappa shape index (κ1) is 28.7. The molecule has 0 spiro atoms. The van der Waals surface area contributed by atoms with E-state index < -0.39 is 0 Å². The second-order valence-corrected chi connectivity index (χ2v) is 10.9. The van der Waals surface area contributed by atoms with Crippen LogP contribution in [0.4, 0.5) is 11.4 Å². The second-order valence-electron chi connectivity index (χ2n) is 10.9. The Kier molecular flexibility index (Phi) is 8.55.